The molecule has 0 aromatic heterocycles. The first-order chi connectivity index (χ1) is 41.5. The molecule has 0 heterocycles. The number of hydrogen-bond acceptors (Lipinski definition) is 5. The molecule has 0 aliphatic carbocycles. The van der Waals surface area contributed by atoms with E-state index in [2.05, 4.69) is 19.2 Å². The van der Waals surface area contributed by atoms with Crippen molar-refractivity contribution in [2.24, 2.45) is 0 Å². The third kappa shape index (κ3) is 70.0. The molecule has 0 spiro atoms. The van der Waals surface area contributed by atoms with E-state index in [-0.39, 0.29) is 18.5 Å². The Balaban J connectivity index is 3.34. The molecule has 0 aromatic rings. The number of aliphatic hydroxyl groups is 2. The van der Waals surface area contributed by atoms with Crippen molar-refractivity contribution in [2.45, 2.75) is 475 Å². The predicted molar refractivity (Wildman–Crippen MR) is 371 cm³/mol. The lowest BCUT2D eigenvalue weighted by atomic mass is 10.0. The monoisotopic (exact) mass is 1190 g/mol. The van der Waals surface area contributed by atoms with Crippen LogP contribution in [0.15, 0.2) is 0 Å². The first-order valence-corrected chi connectivity index (χ1v) is 39.3. The molecule has 6 nitrogen and oxygen atoms in total. The molecule has 0 aliphatic heterocycles. The fraction of sp³-hybridized carbons (Fsp3) is 0.974. The van der Waals surface area contributed by atoms with Gasteiger partial charge in [0.1, 0.15) is 0 Å². The summed E-state index contributed by atoms with van der Waals surface area (Å²) in [6, 6.07) is -0.540. The summed E-state index contributed by atoms with van der Waals surface area (Å²) in [7, 11) is 0. The molecule has 6 heteroatoms. The van der Waals surface area contributed by atoms with Crippen LogP contribution in [0.5, 0.6) is 0 Å². The molecule has 84 heavy (non-hydrogen) atoms. The molecule has 2 unspecified atom stereocenters. The normalized spacial score (nSPS) is 12.4. The van der Waals surface area contributed by atoms with Crippen LogP contribution >= 0.6 is 0 Å². The number of nitrogens with one attached hydrogen (secondary N) is 1. The van der Waals surface area contributed by atoms with Gasteiger partial charge in [-0.3, -0.25) is 9.59 Å². The zero-order valence-electron chi connectivity index (χ0n) is 57.7. The quantitative estimate of drug-likeness (QED) is 0.0417. The van der Waals surface area contributed by atoms with E-state index in [1.807, 2.05) is 0 Å². The highest BCUT2D eigenvalue weighted by Crippen LogP contribution is 2.21. The number of carbonyl (C=O) groups excluding carboxylic acids is 2. The van der Waals surface area contributed by atoms with Gasteiger partial charge in [-0.15, -0.1) is 0 Å². The topological polar surface area (TPSA) is 95.9 Å². The number of rotatable bonds is 75. The second kappa shape index (κ2) is 74.3. The number of unbranched alkanes of at least 4 members (excludes halogenated alkanes) is 64. The fourth-order valence-corrected chi connectivity index (χ4v) is 12.9. The van der Waals surface area contributed by atoms with Crippen molar-refractivity contribution in [1.29, 1.82) is 0 Å². The average Bonchev–Trinajstić information content (AvgIpc) is 3.51. The van der Waals surface area contributed by atoms with Gasteiger partial charge in [-0.05, 0) is 25.7 Å². The Morgan fingerprint density at radius 3 is 0.726 bits per heavy atom. The summed E-state index contributed by atoms with van der Waals surface area (Å²) in [5, 5.41) is 23.5. The van der Waals surface area contributed by atoms with Gasteiger partial charge in [0, 0.05) is 12.8 Å². The summed E-state index contributed by atoms with van der Waals surface area (Å²) < 4.78 is 5.51. The van der Waals surface area contributed by atoms with Crippen LogP contribution in [0.4, 0.5) is 0 Å². The maximum absolute atomic E-state index is 12.6. The lowest BCUT2D eigenvalue weighted by Crippen LogP contribution is -2.45. The van der Waals surface area contributed by atoms with E-state index in [9.17, 15) is 19.8 Å². The number of hydrogen-bond donors (Lipinski definition) is 3. The molecule has 0 bridgehead atoms. The first-order valence-electron chi connectivity index (χ1n) is 39.3. The summed E-state index contributed by atoms with van der Waals surface area (Å²) in [5.74, 6) is -0.00345. The molecule has 0 saturated carbocycles. The minimum Gasteiger partial charge on any atom is -0.466 e. The largest absolute Gasteiger partial charge is 0.466 e. The van der Waals surface area contributed by atoms with Crippen molar-refractivity contribution in [3.63, 3.8) is 0 Å². The lowest BCUT2D eigenvalue weighted by molar-refractivity contribution is -0.143. The van der Waals surface area contributed by atoms with E-state index in [0.717, 1.165) is 38.5 Å². The molecule has 0 aliphatic rings. The van der Waals surface area contributed by atoms with Gasteiger partial charge < -0.3 is 20.3 Å². The number of aliphatic hydroxyl groups excluding tert-OH is 2. The Labute approximate surface area is 527 Å². The van der Waals surface area contributed by atoms with Gasteiger partial charge in [-0.1, -0.05) is 425 Å². The van der Waals surface area contributed by atoms with Crippen molar-refractivity contribution in [3.05, 3.63) is 0 Å². The van der Waals surface area contributed by atoms with Crippen molar-refractivity contribution >= 4 is 11.9 Å². The highest BCUT2D eigenvalue weighted by molar-refractivity contribution is 5.76. The summed E-state index contributed by atoms with van der Waals surface area (Å²) in [4.78, 5) is 24.7. The van der Waals surface area contributed by atoms with Crippen molar-refractivity contribution in [2.75, 3.05) is 13.2 Å². The Bertz CT molecular complexity index is 1230. The molecular weight excluding hydrogens is 1030 g/mol. The van der Waals surface area contributed by atoms with Crippen molar-refractivity contribution in [3.8, 4) is 0 Å². The molecule has 0 fully saturated rings. The average molecular weight is 1190 g/mol. The molecule has 0 saturated heterocycles. The first kappa shape index (κ1) is 82.9. The Kier molecular flexibility index (Phi) is 73.3. The molecule has 0 radical (unpaired) electrons. The van der Waals surface area contributed by atoms with Gasteiger partial charge in [0.2, 0.25) is 5.91 Å². The molecule has 0 aromatic carbocycles. The van der Waals surface area contributed by atoms with Crippen LogP contribution in [-0.2, 0) is 14.3 Å². The third-order valence-electron chi connectivity index (χ3n) is 18.9. The van der Waals surface area contributed by atoms with E-state index in [0.29, 0.717) is 25.9 Å². The smallest absolute Gasteiger partial charge is 0.305 e. The second-order valence-corrected chi connectivity index (χ2v) is 27.4. The van der Waals surface area contributed by atoms with Crippen LogP contribution in [0, 0.1) is 0 Å². The Morgan fingerprint density at radius 2 is 0.488 bits per heavy atom. The molecule has 0 rings (SSSR count). The summed E-state index contributed by atoms with van der Waals surface area (Å²) >= 11 is 0. The maximum atomic E-state index is 12.6. The zero-order valence-corrected chi connectivity index (χ0v) is 57.7. The molecule has 1 amide bonds. The summed E-state index contributed by atoms with van der Waals surface area (Å²) in [5.41, 5.74) is 0. The van der Waals surface area contributed by atoms with Gasteiger partial charge >= 0.3 is 5.97 Å². The predicted octanol–water partition coefficient (Wildman–Crippen LogP) is 25.7. The van der Waals surface area contributed by atoms with Gasteiger partial charge in [-0.2, -0.15) is 0 Å². The zero-order chi connectivity index (χ0) is 60.6. The number of amides is 1. The van der Waals surface area contributed by atoms with E-state index in [1.54, 1.807) is 0 Å². The third-order valence-corrected chi connectivity index (χ3v) is 18.9. The van der Waals surface area contributed by atoms with Crippen LogP contribution in [0.3, 0.4) is 0 Å². The van der Waals surface area contributed by atoms with E-state index >= 15 is 0 Å². The second-order valence-electron chi connectivity index (χ2n) is 27.4. The van der Waals surface area contributed by atoms with Gasteiger partial charge in [0.25, 0.3) is 0 Å². The molecule has 3 N–H and O–H groups in total. The van der Waals surface area contributed by atoms with E-state index < -0.39 is 12.1 Å². The number of carbonyl (C=O) groups is 2. The molecule has 502 valence electrons. The maximum Gasteiger partial charge on any atom is 0.305 e. The molecule has 2 atom stereocenters. The summed E-state index contributed by atoms with van der Waals surface area (Å²) in [6.45, 7) is 5.02. The minimum absolute atomic E-state index is 0.0225. The minimum atomic E-state index is -0.663. The SMILES string of the molecule is CCCCCCCCCCCCCCCCCCCCCCCCCCCC(O)C(CO)NC(=O)CCCCCCCCCCCCCCCCCCCCCCCCCCCCOC(=O)CCCCCCCCCCCCCCCCCC. The lowest BCUT2D eigenvalue weighted by Gasteiger charge is -2.22. The number of ether oxygens (including phenoxy) is 1. The van der Waals surface area contributed by atoms with Crippen LogP contribution < -0.4 is 5.32 Å². The summed E-state index contributed by atoms with van der Waals surface area (Å²) in [6.07, 6.45) is 91.8. The van der Waals surface area contributed by atoms with Crippen molar-refractivity contribution in [1.82, 2.24) is 5.32 Å². The van der Waals surface area contributed by atoms with Gasteiger partial charge in [0.05, 0.1) is 25.4 Å². The van der Waals surface area contributed by atoms with Crippen LogP contribution in [0.25, 0.3) is 0 Å². The highest BCUT2D eigenvalue weighted by atomic mass is 16.5. The standard InChI is InChI=1S/C78H155NO5/c1-3-5-7-9-11-13-15-17-19-21-22-23-24-27-30-33-36-39-42-46-50-54-58-62-66-70-76(81)75(74-80)79-77(82)71-67-63-59-55-51-47-43-40-37-34-31-28-25-26-29-32-35-38-41-45-49-53-57-61-65-69-73-84-78(83)72-68-64-60-56-52-48-44-20-18-16-14-12-10-8-6-4-2/h75-76,80-81H,3-74H2,1-2H3,(H,79,82). The fourth-order valence-electron chi connectivity index (χ4n) is 12.9. The van der Waals surface area contributed by atoms with Gasteiger partial charge in [-0.25, -0.2) is 0 Å². The van der Waals surface area contributed by atoms with Crippen molar-refractivity contribution < 1.29 is 24.5 Å². The van der Waals surface area contributed by atoms with Gasteiger partial charge in [0.15, 0.2) is 0 Å². The highest BCUT2D eigenvalue weighted by Gasteiger charge is 2.20. The van der Waals surface area contributed by atoms with E-state index in [4.69, 9.17) is 4.74 Å². The number of esters is 1. The Hall–Kier alpha value is -1.14. The van der Waals surface area contributed by atoms with E-state index in [1.165, 1.54) is 392 Å². The van der Waals surface area contributed by atoms with Crippen LogP contribution in [0.2, 0.25) is 0 Å². The Morgan fingerprint density at radius 1 is 0.286 bits per heavy atom. The van der Waals surface area contributed by atoms with Crippen LogP contribution in [0.1, 0.15) is 463 Å². The van der Waals surface area contributed by atoms with Crippen LogP contribution in [-0.4, -0.2) is 47.4 Å². The molecular formula is C78H155NO5.